The molecule has 0 radical (unpaired) electrons. The van der Waals surface area contributed by atoms with Crippen LogP contribution in [0.2, 0.25) is 0 Å². The van der Waals surface area contributed by atoms with E-state index in [1.54, 1.807) is 26.2 Å². The molecule has 0 aliphatic heterocycles. The second kappa shape index (κ2) is 11.7. The maximum Gasteiger partial charge on any atom is 0.277 e. The molecule has 2 amide bonds. The van der Waals surface area contributed by atoms with Crippen molar-refractivity contribution in [2.24, 2.45) is 5.10 Å². The van der Waals surface area contributed by atoms with Gasteiger partial charge in [-0.3, -0.25) is 9.59 Å². The highest BCUT2D eigenvalue weighted by atomic mass is 16.5. The number of methoxy groups -OCH3 is 1. The molecule has 0 bridgehead atoms. The molecule has 0 saturated carbocycles. The summed E-state index contributed by atoms with van der Waals surface area (Å²) in [5, 5.41) is 9.19. The van der Waals surface area contributed by atoms with E-state index in [1.165, 1.54) is 0 Å². The van der Waals surface area contributed by atoms with Crippen molar-refractivity contribution in [3.8, 4) is 11.5 Å². The summed E-state index contributed by atoms with van der Waals surface area (Å²) in [4.78, 5) is 24.5. The fourth-order valence-electron chi connectivity index (χ4n) is 3.58. The van der Waals surface area contributed by atoms with Crippen LogP contribution in [0.4, 0.5) is 5.69 Å². The number of hydrazone groups is 1. The lowest BCUT2D eigenvalue weighted by atomic mass is 10.1. The van der Waals surface area contributed by atoms with Gasteiger partial charge in [-0.2, -0.15) is 5.10 Å². The van der Waals surface area contributed by atoms with Crippen molar-refractivity contribution >= 4 is 34.0 Å². The number of anilines is 1. The van der Waals surface area contributed by atoms with E-state index in [4.69, 9.17) is 9.47 Å². The lowest BCUT2D eigenvalue weighted by Gasteiger charge is -2.08. The van der Waals surface area contributed by atoms with Crippen LogP contribution in [0, 0.1) is 0 Å². The van der Waals surface area contributed by atoms with Crippen LogP contribution in [0.3, 0.4) is 0 Å². The first-order chi connectivity index (χ1) is 17.5. The van der Waals surface area contributed by atoms with Gasteiger partial charge >= 0.3 is 0 Å². The molecule has 2 N–H and O–H groups in total. The van der Waals surface area contributed by atoms with Gasteiger partial charge in [-0.1, -0.05) is 54.6 Å². The first kappa shape index (κ1) is 24.5. The summed E-state index contributed by atoms with van der Waals surface area (Å²) >= 11 is 0. The Labute approximate surface area is 209 Å². The molecule has 0 aliphatic carbocycles. The van der Waals surface area contributed by atoms with E-state index in [9.17, 15) is 9.59 Å². The number of ether oxygens (including phenoxy) is 2. The first-order valence-electron chi connectivity index (χ1n) is 11.5. The van der Waals surface area contributed by atoms with Gasteiger partial charge in [-0.05, 0) is 65.2 Å². The number of benzene rings is 4. The number of hydrogen-bond donors (Lipinski definition) is 2. The molecular formula is C29H27N3O4. The SMILES string of the molecule is COc1ccc(CC(=O)Nc2ccc(C(C)=NNC(=O)COc3ccc4ccccc4c3)cc2)cc1. The standard InChI is InChI=1S/C29H27N3O4/c1-20(31-32-29(34)19-36-27-16-11-23-5-3-4-6-24(23)18-27)22-9-12-25(13-10-22)30-28(33)17-21-7-14-26(35-2)15-8-21/h3-16,18H,17,19H2,1-2H3,(H,30,33)(H,32,34). The Morgan fingerprint density at radius 2 is 1.50 bits per heavy atom. The average Bonchev–Trinajstić information content (AvgIpc) is 2.91. The van der Waals surface area contributed by atoms with Crippen molar-refractivity contribution in [1.29, 1.82) is 0 Å². The number of carbonyl (C=O) groups excluding carboxylic acids is 2. The molecule has 7 nitrogen and oxygen atoms in total. The van der Waals surface area contributed by atoms with Crippen molar-refractivity contribution in [3.05, 3.63) is 102 Å². The molecule has 36 heavy (non-hydrogen) atoms. The highest BCUT2D eigenvalue weighted by Crippen LogP contribution is 2.20. The molecule has 0 heterocycles. The van der Waals surface area contributed by atoms with Gasteiger partial charge in [0, 0.05) is 5.69 Å². The summed E-state index contributed by atoms with van der Waals surface area (Å²) in [6.45, 7) is 1.65. The van der Waals surface area contributed by atoms with E-state index in [1.807, 2.05) is 78.9 Å². The Bertz CT molecular complexity index is 1380. The van der Waals surface area contributed by atoms with Gasteiger partial charge < -0.3 is 14.8 Å². The molecular weight excluding hydrogens is 454 g/mol. The molecule has 0 unspecified atom stereocenters. The Hall–Kier alpha value is -4.65. The highest BCUT2D eigenvalue weighted by Gasteiger charge is 2.07. The van der Waals surface area contributed by atoms with E-state index in [2.05, 4.69) is 15.8 Å². The minimum atomic E-state index is -0.357. The maximum atomic E-state index is 12.3. The smallest absolute Gasteiger partial charge is 0.277 e. The van der Waals surface area contributed by atoms with Crippen molar-refractivity contribution in [3.63, 3.8) is 0 Å². The van der Waals surface area contributed by atoms with E-state index >= 15 is 0 Å². The Balaban J connectivity index is 1.25. The summed E-state index contributed by atoms with van der Waals surface area (Å²) in [7, 11) is 1.60. The minimum Gasteiger partial charge on any atom is -0.497 e. The van der Waals surface area contributed by atoms with Gasteiger partial charge in [0.1, 0.15) is 11.5 Å². The van der Waals surface area contributed by atoms with Gasteiger partial charge in [-0.25, -0.2) is 5.43 Å². The molecule has 4 aromatic rings. The summed E-state index contributed by atoms with van der Waals surface area (Å²) < 4.78 is 10.7. The van der Waals surface area contributed by atoms with Crippen LogP contribution in [0.25, 0.3) is 10.8 Å². The Kier molecular flexibility index (Phi) is 7.93. The number of rotatable bonds is 9. The Morgan fingerprint density at radius 1 is 0.806 bits per heavy atom. The van der Waals surface area contributed by atoms with Crippen LogP contribution < -0.4 is 20.2 Å². The minimum absolute atomic E-state index is 0.114. The van der Waals surface area contributed by atoms with E-state index in [-0.39, 0.29) is 24.8 Å². The molecule has 4 rings (SSSR count). The van der Waals surface area contributed by atoms with Gasteiger partial charge in [0.15, 0.2) is 6.61 Å². The van der Waals surface area contributed by atoms with Crippen LogP contribution >= 0.6 is 0 Å². The third-order valence-corrected chi connectivity index (χ3v) is 5.55. The van der Waals surface area contributed by atoms with Crippen molar-refractivity contribution < 1.29 is 19.1 Å². The predicted molar refractivity (Wildman–Crippen MR) is 142 cm³/mol. The zero-order valence-corrected chi connectivity index (χ0v) is 20.2. The fourth-order valence-corrected chi connectivity index (χ4v) is 3.58. The van der Waals surface area contributed by atoms with Gasteiger partial charge in [0.25, 0.3) is 5.91 Å². The molecule has 182 valence electrons. The molecule has 0 spiro atoms. The topological polar surface area (TPSA) is 89.0 Å². The largest absolute Gasteiger partial charge is 0.497 e. The zero-order chi connectivity index (χ0) is 25.3. The number of amides is 2. The normalized spacial score (nSPS) is 11.1. The van der Waals surface area contributed by atoms with Crippen LogP contribution in [-0.2, 0) is 16.0 Å². The summed E-state index contributed by atoms with van der Waals surface area (Å²) in [5.41, 5.74) is 5.54. The summed E-state index contributed by atoms with van der Waals surface area (Å²) in [5.74, 6) is 0.900. The van der Waals surface area contributed by atoms with Crippen LogP contribution in [0.1, 0.15) is 18.1 Å². The Morgan fingerprint density at radius 3 is 2.22 bits per heavy atom. The zero-order valence-electron chi connectivity index (χ0n) is 20.2. The van der Waals surface area contributed by atoms with Gasteiger partial charge in [0.05, 0.1) is 19.2 Å². The van der Waals surface area contributed by atoms with Crippen LogP contribution in [-0.4, -0.2) is 31.2 Å². The number of hydrogen-bond acceptors (Lipinski definition) is 5. The lowest BCUT2D eigenvalue weighted by molar-refractivity contribution is -0.123. The van der Waals surface area contributed by atoms with E-state index in [0.29, 0.717) is 17.1 Å². The predicted octanol–water partition coefficient (Wildman–Crippen LogP) is 4.95. The molecule has 0 aromatic heterocycles. The van der Waals surface area contributed by atoms with E-state index < -0.39 is 0 Å². The number of fused-ring (bicyclic) bond motifs is 1. The quantitative estimate of drug-likeness (QED) is 0.262. The van der Waals surface area contributed by atoms with Crippen LogP contribution in [0.15, 0.2) is 96.1 Å². The van der Waals surface area contributed by atoms with Gasteiger partial charge in [-0.15, -0.1) is 0 Å². The van der Waals surface area contributed by atoms with E-state index in [0.717, 1.165) is 27.6 Å². The third kappa shape index (κ3) is 6.70. The first-order valence-corrected chi connectivity index (χ1v) is 11.5. The second-order valence-electron chi connectivity index (χ2n) is 8.18. The monoisotopic (exact) mass is 481 g/mol. The lowest BCUT2D eigenvalue weighted by Crippen LogP contribution is -2.25. The third-order valence-electron chi connectivity index (χ3n) is 5.55. The van der Waals surface area contributed by atoms with Crippen molar-refractivity contribution in [2.75, 3.05) is 19.0 Å². The number of nitrogens with zero attached hydrogens (tertiary/aromatic N) is 1. The number of nitrogens with one attached hydrogen (secondary N) is 2. The summed E-state index contributed by atoms with van der Waals surface area (Å²) in [6, 6.07) is 28.3. The summed E-state index contributed by atoms with van der Waals surface area (Å²) in [6.07, 6.45) is 0.263. The second-order valence-corrected chi connectivity index (χ2v) is 8.18. The fraction of sp³-hybridized carbons (Fsp3) is 0.138. The number of carbonyl (C=O) groups is 2. The molecule has 4 aromatic carbocycles. The highest BCUT2D eigenvalue weighted by molar-refractivity contribution is 6.00. The van der Waals surface area contributed by atoms with Crippen LogP contribution in [0.5, 0.6) is 11.5 Å². The molecule has 7 heteroatoms. The van der Waals surface area contributed by atoms with Crippen molar-refractivity contribution in [1.82, 2.24) is 5.43 Å². The molecule has 0 fully saturated rings. The maximum absolute atomic E-state index is 12.3. The molecule has 0 aliphatic rings. The van der Waals surface area contributed by atoms with Crippen molar-refractivity contribution in [2.45, 2.75) is 13.3 Å². The average molecular weight is 482 g/mol. The van der Waals surface area contributed by atoms with Gasteiger partial charge in [0.2, 0.25) is 5.91 Å². The molecule has 0 atom stereocenters. The molecule has 0 saturated heterocycles.